The van der Waals surface area contributed by atoms with Gasteiger partial charge in [-0.3, -0.25) is 4.79 Å². The number of ether oxygens (including phenoxy) is 1. The summed E-state index contributed by atoms with van der Waals surface area (Å²) in [6.45, 7) is 2.11. The Morgan fingerprint density at radius 3 is 2.73 bits per heavy atom. The summed E-state index contributed by atoms with van der Waals surface area (Å²) in [4.78, 5) is 23.2. The average Bonchev–Trinajstić information content (AvgIpc) is 2.98. The number of unbranched alkanes of at least 4 members (excludes halogenated alkanes) is 1. The normalized spacial score (nSPS) is 23.0. The van der Waals surface area contributed by atoms with Crippen LogP contribution in [0.5, 0.6) is 0 Å². The molecule has 1 aliphatic rings. The standard InChI is InChI=1S/C21H34O5/c1-3-4-10-17(22)11-8-9-16-14-15-19(23)18(16)12-6-5-7-13-20(24)21(25)26-2/h5-6,8-9,16-18,20,22,24H,3-4,7,10-15H2,1-2H3/t16-,17?,18+,20?/m0/s1. The summed E-state index contributed by atoms with van der Waals surface area (Å²) in [5, 5.41) is 19.4. The van der Waals surface area contributed by atoms with Crippen LogP contribution in [-0.2, 0) is 14.3 Å². The minimum absolute atomic E-state index is 0.000755. The van der Waals surface area contributed by atoms with E-state index in [-0.39, 0.29) is 17.9 Å². The smallest absolute Gasteiger partial charge is 0.334 e. The van der Waals surface area contributed by atoms with Gasteiger partial charge in [0.15, 0.2) is 6.10 Å². The molecule has 0 aliphatic heterocycles. The monoisotopic (exact) mass is 366 g/mol. The molecule has 0 aromatic rings. The fraction of sp³-hybridized carbons (Fsp3) is 0.714. The van der Waals surface area contributed by atoms with E-state index in [1.165, 1.54) is 7.11 Å². The summed E-state index contributed by atoms with van der Waals surface area (Å²) in [7, 11) is 1.25. The van der Waals surface area contributed by atoms with Crippen LogP contribution in [0.15, 0.2) is 24.3 Å². The van der Waals surface area contributed by atoms with Gasteiger partial charge in [-0.25, -0.2) is 4.79 Å². The lowest BCUT2D eigenvalue weighted by Gasteiger charge is -2.13. The maximum absolute atomic E-state index is 12.1. The third kappa shape index (κ3) is 8.28. The Kier molecular flexibility index (Phi) is 11.1. The zero-order valence-electron chi connectivity index (χ0n) is 16.1. The fourth-order valence-electron chi connectivity index (χ4n) is 3.31. The van der Waals surface area contributed by atoms with Crippen LogP contribution >= 0.6 is 0 Å². The second-order valence-electron chi connectivity index (χ2n) is 7.06. The predicted octanol–water partition coefficient (Wildman–Crippen LogP) is 3.34. The molecule has 0 aromatic carbocycles. The molecule has 26 heavy (non-hydrogen) atoms. The number of carbonyl (C=O) groups excluding carboxylic acids is 2. The summed E-state index contributed by atoms with van der Waals surface area (Å²) in [5.41, 5.74) is 0. The molecule has 0 spiro atoms. The zero-order valence-corrected chi connectivity index (χ0v) is 16.1. The van der Waals surface area contributed by atoms with E-state index in [9.17, 15) is 19.8 Å². The summed E-state index contributed by atoms with van der Waals surface area (Å²) >= 11 is 0. The number of carbonyl (C=O) groups is 2. The van der Waals surface area contributed by atoms with E-state index < -0.39 is 12.1 Å². The van der Waals surface area contributed by atoms with Gasteiger partial charge in [-0.15, -0.1) is 0 Å². The number of methoxy groups -OCH3 is 1. The Hall–Kier alpha value is -1.46. The lowest BCUT2D eigenvalue weighted by molar-refractivity contribution is -0.150. The largest absolute Gasteiger partial charge is 0.467 e. The van der Waals surface area contributed by atoms with Crippen LogP contribution in [0, 0.1) is 11.8 Å². The van der Waals surface area contributed by atoms with Crippen LogP contribution in [0.25, 0.3) is 0 Å². The van der Waals surface area contributed by atoms with E-state index in [1.807, 2.05) is 18.2 Å². The first kappa shape index (κ1) is 22.6. The number of aliphatic hydroxyl groups is 2. The number of ketones is 1. The lowest BCUT2D eigenvalue weighted by atomic mass is 9.91. The van der Waals surface area contributed by atoms with Crippen molar-refractivity contribution >= 4 is 11.8 Å². The number of allylic oxidation sites excluding steroid dienone is 3. The summed E-state index contributed by atoms with van der Waals surface area (Å²) in [6, 6.07) is 0. The zero-order chi connectivity index (χ0) is 19.4. The van der Waals surface area contributed by atoms with Gasteiger partial charge in [0, 0.05) is 12.3 Å². The number of rotatable bonds is 12. The van der Waals surface area contributed by atoms with Crippen molar-refractivity contribution in [3.63, 3.8) is 0 Å². The molecule has 4 atom stereocenters. The highest BCUT2D eigenvalue weighted by Crippen LogP contribution is 2.33. The molecule has 1 saturated carbocycles. The highest BCUT2D eigenvalue weighted by molar-refractivity contribution is 5.83. The van der Waals surface area contributed by atoms with Crippen molar-refractivity contribution in [3.8, 4) is 0 Å². The van der Waals surface area contributed by atoms with Crippen molar-refractivity contribution in [2.75, 3.05) is 7.11 Å². The Morgan fingerprint density at radius 1 is 1.27 bits per heavy atom. The molecule has 0 saturated heterocycles. The maximum atomic E-state index is 12.1. The van der Waals surface area contributed by atoms with Crippen molar-refractivity contribution in [2.45, 2.75) is 76.9 Å². The van der Waals surface area contributed by atoms with Crippen LogP contribution in [0.4, 0.5) is 0 Å². The first-order valence-electron chi connectivity index (χ1n) is 9.77. The summed E-state index contributed by atoms with van der Waals surface area (Å²) in [5.74, 6) is -0.0758. The molecule has 1 aliphatic carbocycles. The van der Waals surface area contributed by atoms with Gasteiger partial charge in [0.1, 0.15) is 5.78 Å². The highest BCUT2D eigenvalue weighted by Gasteiger charge is 2.31. The van der Waals surface area contributed by atoms with E-state index in [1.54, 1.807) is 0 Å². The number of hydrogen-bond donors (Lipinski definition) is 2. The van der Waals surface area contributed by atoms with Crippen LogP contribution in [0.1, 0.15) is 64.7 Å². The molecular formula is C21H34O5. The van der Waals surface area contributed by atoms with Crippen LogP contribution < -0.4 is 0 Å². The van der Waals surface area contributed by atoms with Crippen molar-refractivity contribution < 1.29 is 24.5 Å². The molecule has 0 radical (unpaired) electrons. The molecule has 2 N–H and O–H groups in total. The van der Waals surface area contributed by atoms with E-state index in [4.69, 9.17) is 0 Å². The lowest BCUT2D eigenvalue weighted by Crippen LogP contribution is -2.21. The molecule has 0 amide bonds. The fourth-order valence-corrected chi connectivity index (χ4v) is 3.31. The van der Waals surface area contributed by atoms with Gasteiger partial charge in [-0.2, -0.15) is 0 Å². The van der Waals surface area contributed by atoms with E-state index in [2.05, 4.69) is 17.7 Å². The molecule has 148 valence electrons. The van der Waals surface area contributed by atoms with Gasteiger partial charge >= 0.3 is 5.97 Å². The average molecular weight is 366 g/mol. The van der Waals surface area contributed by atoms with Gasteiger partial charge in [-0.1, -0.05) is 44.1 Å². The molecule has 5 heteroatoms. The molecule has 1 fully saturated rings. The van der Waals surface area contributed by atoms with E-state index >= 15 is 0 Å². The molecule has 1 rings (SSSR count). The number of Topliss-reactive ketones (excluding diaryl/α,β-unsaturated/α-hetero) is 1. The van der Waals surface area contributed by atoms with Crippen LogP contribution in [0.2, 0.25) is 0 Å². The van der Waals surface area contributed by atoms with Crippen molar-refractivity contribution in [1.29, 1.82) is 0 Å². The first-order chi connectivity index (χ1) is 12.5. The van der Waals surface area contributed by atoms with Crippen molar-refractivity contribution in [3.05, 3.63) is 24.3 Å². The SMILES string of the molecule is CCCCC(O)CC=C[C@H]1CCC(=O)[C@@H]1CC=CCCC(O)C(=O)OC. The van der Waals surface area contributed by atoms with Gasteiger partial charge in [0.2, 0.25) is 0 Å². The highest BCUT2D eigenvalue weighted by atomic mass is 16.5. The molecule has 5 nitrogen and oxygen atoms in total. The van der Waals surface area contributed by atoms with Gasteiger partial charge < -0.3 is 14.9 Å². The van der Waals surface area contributed by atoms with E-state index in [0.29, 0.717) is 37.9 Å². The molecule has 2 unspecified atom stereocenters. The Balaban J connectivity index is 2.37. The second kappa shape index (κ2) is 12.8. The van der Waals surface area contributed by atoms with Gasteiger partial charge in [0.05, 0.1) is 13.2 Å². The van der Waals surface area contributed by atoms with Crippen molar-refractivity contribution in [1.82, 2.24) is 0 Å². The molecule has 0 aromatic heterocycles. The second-order valence-corrected chi connectivity index (χ2v) is 7.06. The molecule has 0 heterocycles. The topological polar surface area (TPSA) is 83.8 Å². The number of aliphatic hydroxyl groups excluding tert-OH is 2. The Morgan fingerprint density at radius 2 is 2.04 bits per heavy atom. The quantitative estimate of drug-likeness (QED) is 0.409. The number of esters is 1. The number of hydrogen-bond acceptors (Lipinski definition) is 5. The summed E-state index contributed by atoms with van der Waals surface area (Å²) in [6.07, 6.45) is 13.3. The Labute approximate surface area is 157 Å². The van der Waals surface area contributed by atoms with Crippen LogP contribution in [-0.4, -0.2) is 41.3 Å². The minimum atomic E-state index is -1.09. The molecular weight excluding hydrogens is 332 g/mol. The summed E-state index contributed by atoms with van der Waals surface area (Å²) < 4.78 is 4.47. The molecule has 0 bridgehead atoms. The van der Waals surface area contributed by atoms with Gasteiger partial charge in [-0.05, 0) is 44.4 Å². The predicted molar refractivity (Wildman–Crippen MR) is 102 cm³/mol. The Bertz CT molecular complexity index is 483. The third-order valence-electron chi connectivity index (χ3n) is 4.97. The maximum Gasteiger partial charge on any atom is 0.334 e. The minimum Gasteiger partial charge on any atom is -0.467 e. The third-order valence-corrected chi connectivity index (χ3v) is 4.97. The first-order valence-corrected chi connectivity index (χ1v) is 9.77. The van der Waals surface area contributed by atoms with Crippen molar-refractivity contribution in [2.24, 2.45) is 11.8 Å². The van der Waals surface area contributed by atoms with Crippen LogP contribution in [0.3, 0.4) is 0 Å². The van der Waals surface area contributed by atoms with E-state index in [0.717, 1.165) is 25.7 Å². The van der Waals surface area contributed by atoms with Gasteiger partial charge in [0.25, 0.3) is 0 Å².